The van der Waals surface area contributed by atoms with Crippen molar-refractivity contribution >= 4 is 10.0 Å². The van der Waals surface area contributed by atoms with E-state index in [2.05, 4.69) is 21.9 Å². The number of piperidine rings is 1. The van der Waals surface area contributed by atoms with E-state index < -0.39 is 10.0 Å². The van der Waals surface area contributed by atoms with Gasteiger partial charge in [0, 0.05) is 31.4 Å². The Kier molecular flexibility index (Phi) is 4.04. The van der Waals surface area contributed by atoms with E-state index in [1.165, 1.54) is 6.33 Å². The number of imidazole rings is 1. The van der Waals surface area contributed by atoms with Crippen molar-refractivity contribution in [3.05, 3.63) is 12.5 Å². The van der Waals surface area contributed by atoms with Crippen molar-refractivity contribution in [2.24, 2.45) is 0 Å². The standard InChI is InChI=1S/C11H20N4O2S/c1-3-15-7-11(13-8-15)18(16,17)14-10-5-4-9(2)12-6-10/h7-10,12,14H,3-6H2,1-2H3. The van der Waals surface area contributed by atoms with Gasteiger partial charge in [-0.05, 0) is 26.7 Å². The molecule has 102 valence electrons. The smallest absolute Gasteiger partial charge is 0.259 e. The van der Waals surface area contributed by atoms with E-state index in [-0.39, 0.29) is 11.1 Å². The van der Waals surface area contributed by atoms with E-state index in [1.54, 1.807) is 10.8 Å². The SMILES string of the molecule is CCn1cnc(S(=O)(=O)NC2CCC(C)NC2)c1. The van der Waals surface area contributed by atoms with Crippen LogP contribution in [0.25, 0.3) is 0 Å². The fraction of sp³-hybridized carbons (Fsp3) is 0.727. The summed E-state index contributed by atoms with van der Waals surface area (Å²) in [6.45, 7) is 5.44. The third-order valence-corrected chi connectivity index (χ3v) is 4.64. The molecule has 18 heavy (non-hydrogen) atoms. The minimum atomic E-state index is -3.49. The van der Waals surface area contributed by atoms with Crippen LogP contribution in [-0.4, -0.2) is 36.6 Å². The first kappa shape index (κ1) is 13.5. The second-order valence-corrected chi connectivity index (χ2v) is 6.41. The fourth-order valence-corrected chi connectivity index (χ4v) is 3.25. The van der Waals surface area contributed by atoms with Crippen molar-refractivity contribution in [1.82, 2.24) is 19.6 Å². The Morgan fingerprint density at radius 3 is 2.89 bits per heavy atom. The third kappa shape index (κ3) is 3.09. The lowest BCUT2D eigenvalue weighted by atomic mass is 10.0. The average molecular weight is 272 g/mol. The number of hydrogen-bond donors (Lipinski definition) is 2. The molecular formula is C11H20N4O2S. The molecule has 0 amide bonds. The van der Waals surface area contributed by atoms with Crippen molar-refractivity contribution in [1.29, 1.82) is 0 Å². The number of aromatic nitrogens is 2. The Bertz CT molecular complexity index is 489. The zero-order valence-electron chi connectivity index (χ0n) is 10.8. The predicted molar refractivity (Wildman–Crippen MR) is 68.7 cm³/mol. The van der Waals surface area contributed by atoms with Crippen molar-refractivity contribution in [2.75, 3.05) is 6.54 Å². The van der Waals surface area contributed by atoms with E-state index in [0.29, 0.717) is 19.1 Å². The second-order valence-electron chi connectivity index (χ2n) is 4.75. The molecule has 0 radical (unpaired) electrons. The van der Waals surface area contributed by atoms with E-state index in [9.17, 15) is 8.42 Å². The van der Waals surface area contributed by atoms with Gasteiger partial charge in [-0.15, -0.1) is 0 Å². The number of rotatable bonds is 4. The molecule has 7 heteroatoms. The third-order valence-electron chi connectivity index (χ3n) is 3.23. The first-order valence-corrected chi connectivity index (χ1v) is 7.77. The molecule has 1 aromatic rings. The summed E-state index contributed by atoms with van der Waals surface area (Å²) >= 11 is 0. The summed E-state index contributed by atoms with van der Waals surface area (Å²) in [5.41, 5.74) is 0. The van der Waals surface area contributed by atoms with Gasteiger partial charge in [-0.2, -0.15) is 0 Å². The van der Waals surface area contributed by atoms with Gasteiger partial charge in [0.2, 0.25) is 0 Å². The Balaban J connectivity index is 2.03. The number of nitrogens with zero attached hydrogens (tertiary/aromatic N) is 2. The van der Waals surface area contributed by atoms with Crippen LogP contribution in [0.15, 0.2) is 17.6 Å². The Morgan fingerprint density at radius 2 is 2.33 bits per heavy atom. The fourth-order valence-electron chi connectivity index (χ4n) is 2.03. The maximum Gasteiger partial charge on any atom is 0.259 e. The first-order valence-electron chi connectivity index (χ1n) is 6.28. The molecule has 1 aromatic heterocycles. The number of sulfonamides is 1. The lowest BCUT2D eigenvalue weighted by Gasteiger charge is -2.27. The largest absolute Gasteiger partial charge is 0.336 e. The average Bonchev–Trinajstić information content (AvgIpc) is 2.81. The van der Waals surface area contributed by atoms with Crippen molar-refractivity contribution in [3.63, 3.8) is 0 Å². The minimum absolute atomic E-state index is 0.0435. The van der Waals surface area contributed by atoms with Gasteiger partial charge >= 0.3 is 0 Å². The van der Waals surface area contributed by atoms with E-state index in [0.717, 1.165) is 12.8 Å². The molecule has 0 aliphatic carbocycles. The van der Waals surface area contributed by atoms with Crippen LogP contribution in [0.1, 0.15) is 26.7 Å². The highest BCUT2D eigenvalue weighted by Gasteiger charge is 2.25. The highest BCUT2D eigenvalue weighted by Crippen LogP contribution is 2.11. The van der Waals surface area contributed by atoms with Crippen LogP contribution in [0.2, 0.25) is 0 Å². The van der Waals surface area contributed by atoms with Gasteiger partial charge in [-0.3, -0.25) is 0 Å². The molecule has 0 saturated carbocycles. The van der Waals surface area contributed by atoms with Crippen LogP contribution >= 0.6 is 0 Å². The number of aryl methyl sites for hydroxylation is 1. The van der Waals surface area contributed by atoms with Gasteiger partial charge in [-0.1, -0.05) is 0 Å². The molecule has 1 fully saturated rings. The highest BCUT2D eigenvalue weighted by atomic mass is 32.2. The van der Waals surface area contributed by atoms with Gasteiger partial charge in [0.05, 0.1) is 6.33 Å². The normalized spacial score (nSPS) is 25.2. The van der Waals surface area contributed by atoms with Gasteiger partial charge in [0.25, 0.3) is 10.0 Å². The molecule has 6 nitrogen and oxygen atoms in total. The summed E-state index contributed by atoms with van der Waals surface area (Å²) in [6, 6.07) is 0.419. The second kappa shape index (κ2) is 5.38. The quantitative estimate of drug-likeness (QED) is 0.828. The molecule has 0 spiro atoms. The molecule has 2 N–H and O–H groups in total. The molecular weight excluding hydrogens is 252 g/mol. The first-order chi connectivity index (χ1) is 8.51. The summed E-state index contributed by atoms with van der Waals surface area (Å²) in [4.78, 5) is 3.93. The minimum Gasteiger partial charge on any atom is -0.336 e. The summed E-state index contributed by atoms with van der Waals surface area (Å²) in [7, 11) is -3.49. The van der Waals surface area contributed by atoms with Crippen molar-refractivity contribution in [2.45, 2.75) is 50.3 Å². The molecule has 1 saturated heterocycles. The lowest BCUT2D eigenvalue weighted by molar-refractivity contribution is 0.366. The topological polar surface area (TPSA) is 76.0 Å². The number of hydrogen-bond acceptors (Lipinski definition) is 4. The zero-order valence-corrected chi connectivity index (χ0v) is 11.6. The summed E-state index contributed by atoms with van der Waals surface area (Å²) in [5, 5.41) is 3.37. The summed E-state index contributed by atoms with van der Waals surface area (Å²) in [6.07, 6.45) is 4.94. The van der Waals surface area contributed by atoms with Crippen LogP contribution in [0.5, 0.6) is 0 Å². The molecule has 1 aliphatic rings. The Hall–Kier alpha value is -0.920. The molecule has 0 aromatic carbocycles. The monoisotopic (exact) mass is 272 g/mol. The van der Waals surface area contributed by atoms with Crippen molar-refractivity contribution in [3.8, 4) is 0 Å². The molecule has 1 aliphatic heterocycles. The van der Waals surface area contributed by atoms with E-state index >= 15 is 0 Å². The van der Waals surface area contributed by atoms with Gasteiger partial charge < -0.3 is 9.88 Å². The molecule has 2 rings (SSSR count). The van der Waals surface area contributed by atoms with Gasteiger partial charge in [0.1, 0.15) is 0 Å². The number of nitrogens with one attached hydrogen (secondary N) is 2. The predicted octanol–water partition coefficient (Wildman–Crippen LogP) is 0.322. The highest BCUT2D eigenvalue weighted by molar-refractivity contribution is 7.89. The van der Waals surface area contributed by atoms with Crippen LogP contribution < -0.4 is 10.0 Å². The summed E-state index contributed by atoms with van der Waals surface area (Å²) in [5.74, 6) is 0. The zero-order chi connectivity index (χ0) is 13.2. The van der Waals surface area contributed by atoms with Crippen molar-refractivity contribution < 1.29 is 8.42 Å². The maximum absolute atomic E-state index is 12.1. The Morgan fingerprint density at radius 1 is 1.56 bits per heavy atom. The molecule has 0 bridgehead atoms. The van der Waals surface area contributed by atoms with Gasteiger partial charge in [-0.25, -0.2) is 18.1 Å². The van der Waals surface area contributed by atoms with Crippen LogP contribution in [0.3, 0.4) is 0 Å². The van der Waals surface area contributed by atoms with E-state index in [1.807, 2.05) is 6.92 Å². The van der Waals surface area contributed by atoms with Crippen LogP contribution in [0.4, 0.5) is 0 Å². The van der Waals surface area contributed by atoms with Crippen LogP contribution in [0, 0.1) is 0 Å². The summed E-state index contributed by atoms with van der Waals surface area (Å²) < 4.78 is 28.6. The van der Waals surface area contributed by atoms with Gasteiger partial charge in [0.15, 0.2) is 5.03 Å². The van der Waals surface area contributed by atoms with Crippen LogP contribution in [-0.2, 0) is 16.6 Å². The lowest BCUT2D eigenvalue weighted by Crippen LogP contribution is -2.48. The molecule has 2 atom stereocenters. The molecule has 2 heterocycles. The molecule has 2 unspecified atom stereocenters. The van der Waals surface area contributed by atoms with E-state index in [4.69, 9.17) is 0 Å². The Labute approximate surface area is 108 Å². The maximum atomic E-state index is 12.1.